The van der Waals surface area contributed by atoms with Gasteiger partial charge in [0.05, 0.1) is 11.3 Å². The smallest absolute Gasteiger partial charge is 0.271 e. The van der Waals surface area contributed by atoms with E-state index in [1.807, 2.05) is 13.0 Å². The highest BCUT2D eigenvalue weighted by molar-refractivity contribution is 7.94. The molecule has 1 aromatic carbocycles. The van der Waals surface area contributed by atoms with Gasteiger partial charge in [0.1, 0.15) is 4.21 Å². The third kappa shape index (κ3) is 3.25. The van der Waals surface area contributed by atoms with Crippen LogP contribution in [0, 0.1) is 6.92 Å². The molecule has 122 valence electrons. The van der Waals surface area contributed by atoms with Crippen molar-refractivity contribution in [2.75, 3.05) is 17.8 Å². The summed E-state index contributed by atoms with van der Waals surface area (Å²) in [7, 11) is -3.67. The van der Waals surface area contributed by atoms with E-state index in [9.17, 15) is 13.2 Å². The Morgan fingerprint density at radius 3 is 2.57 bits per heavy atom. The summed E-state index contributed by atoms with van der Waals surface area (Å²) in [6.45, 7) is 3.28. The second-order valence-corrected chi connectivity index (χ2v) is 8.39. The topological polar surface area (TPSA) is 66.5 Å². The Morgan fingerprint density at radius 1 is 1.17 bits per heavy atom. The van der Waals surface area contributed by atoms with Gasteiger partial charge in [-0.1, -0.05) is 18.2 Å². The first-order valence-electron chi connectivity index (χ1n) is 7.44. The molecular formula is C16H18N2O3S2. The van der Waals surface area contributed by atoms with Crippen molar-refractivity contribution in [1.82, 2.24) is 4.90 Å². The number of benzene rings is 1. The van der Waals surface area contributed by atoms with Crippen LogP contribution >= 0.6 is 11.3 Å². The fourth-order valence-electron chi connectivity index (χ4n) is 2.73. The summed E-state index contributed by atoms with van der Waals surface area (Å²) in [5.74, 6) is -0.107. The lowest BCUT2D eigenvalue weighted by atomic mass is 10.1. The number of anilines is 1. The fraction of sp³-hybridized carbons (Fsp3) is 0.312. The average Bonchev–Trinajstić information content (AvgIpc) is 3.20. The summed E-state index contributed by atoms with van der Waals surface area (Å²) in [6.07, 6.45) is 1.99. The molecule has 5 nitrogen and oxygen atoms in total. The average molecular weight is 350 g/mol. The van der Waals surface area contributed by atoms with Gasteiger partial charge in [0.15, 0.2) is 0 Å². The molecule has 1 fully saturated rings. The zero-order valence-electron chi connectivity index (χ0n) is 12.8. The number of thiophene rings is 1. The molecule has 1 aliphatic rings. The first-order valence-corrected chi connectivity index (χ1v) is 9.80. The van der Waals surface area contributed by atoms with Gasteiger partial charge in [-0.2, -0.15) is 0 Å². The Kier molecular flexibility index (Phi) is 4.41. The number of hydrogen-bond donors (Lipinski definition) is 1. The summed E-state index contributed by atoms with van der Waals surface area (Å²) < 4.78 is 27.7. The molecule has 0 aliphatic carbocycles. The van der Waals surface area contributed by atoms with E-state index >= 15 is 0 Å². The van der Waals surface area contributed by atoms with E-state index in [-0.39, 0.29) is 10.1 Å². The van der Waals surface area contributed by atoms with E-state index in [1.165, 1.54) is 0 Å². The molecule has 0 spiro atoms. The second kappa shape index (κ2) is 6.33. The number of sulfonamides is 1. The van der Waals surface area contributed by atoms with Gasteiger partial charge in [-0.15, -0.1) is 11.3 Å². The lowest BCUT2D eigenvalue weighted by Gasteiger charge is -2.19. The number of likely N-dealkylation sites (tertiary alicyclic amines) is 1. The van der Waals surface area contributed by atoms with Crippen molar-refractivity contribution >= 4 is 33.0 Å². The number of carbonyl (C=O) groups excluding carboxylic acids is 1. The van der Waals surface area contributed by atoms with Crippen LogP contribution in [-0.2, 0) is 10.0 Å². The van der Waals surface area contributed by atoms with E-state index in [0.717, 1.165) is 42.8 Å². The standard InChI is InChI=1S/C16H18N2O3S2/c1-12-6-4-7-13(15(12)16(19)18-9-2-3-10-18)17-23(20,21)14-8-5-11-22-14/h4-8,11,17H,2-3,9-10H2,1H3. The number of amides is 1. The maximum atomic E-state index is 12.8. The third-order valence-electron chi connectivity index (χ3n) is 3.88. The van der Waals surface area contributed by atoms with Crippen molar-refractivity contribution in [3.63, 3.8) is 0 Å². The van der Waals surface area contributed by atoms with Crippen LogP contribution < -0.4 is 4.72 Å². The Labute approximate surface area is 140 Å². The molecule has 1 amide bonds. The van der Waals surface area contributed by atoms with Crippen LogP contribution in [0.3, 0.4) is 0 Å². The highest BCUT2D eigenvalue weighted by Gasteiger charge is 2.25. The number of rotatable bonds is 4. The van der Waals surface area contributed by atoms with Gasteiger partial charge >= 0.3 is 0 Å². The third-order valence-corrected chi connectivity index (χ3v) is 6.65. The summed E-state index contributed by atoms with van der Waals surface area (Å²) in [5.41, 5.74) is 1.55. The van der Waals surface area contributed by atoms with E-state index in [2.05, 4.69) is 4.72 Å². The molecule has 3 rings (SSSR count). The maximum Gasteiger partial charge on any atom is 0.271 e. The van der Waals surface area contributed by atoms with Gasteiger partial charge in [0, 0.05) is 13.1 Å². The fourth-order valence-corrected chi connectivity index (χ4v) is 4.79. The zero-order chi connectivity index (χ0) is 16.4. The molecule has 0 bridgehead atoms. The predicted molar refractivity (Wildman–Crippen MR) is 91.4 cm³/mol. The van der Waals surface area contributed by atoms with Gasteiger partial charge in [-0.25, -0.2) is 8.42 Å². The highest BCUT2D eigenvalue weighted by Crippen LogP contribution is 2.27. The molecule has 7 heteroatoms. The van der Waals surface area contributed by atoms with Gasteiger partial charge in [0.25, 0.3) is 15.9 Å². The molecule has 0 atom stereocenters. The first-order chi connectivity index (χ1) is 11.0. The quantitative estimate of drug-likeness (QED) is 0.921. The van der Waals surface area contributed by atoms with Gasteiger partial charge in [0.2, 0.25) is 0 Å². The van der Waals surface area contributed by atoms with Crippen molar-refractivity contribution in [1.29, 1.82) is 0 Å². The van der Waals surface area contributed by atoms with Crippen LogP contribution in [0.4, 0.5) is 5.69 Å². The molecule has 1 aromatic heterocycles. The van der Waals surface area contributed by atoms with Crippen LogP contribution in [0.15, 0.2) is 39.9 Å². The number of aryl methyl sites for hydroxylation is 1. The molecule has 1 N–H and O–H groups in total. The van der Waals surface area contributed by atoms with Crippen molar-refractivity contribution in [3.8, 4) is 0 Å². The van der Waals surface area contributed by atoms with Crippen LogP contribution in [-0.4, -0.2) is 32.3 Å². The van der Waals surface area contributed by atoms with E-state index in [4.69, 9.17) is 0 Å². The SMILES string of the molecule is Cc1cccc(NS(=O)(=O)c2cccs2)c1C(=O)N1CCCC1. The van der Waals surface area contributed by atoms with Crippen LogP contribution in [0.1, 0.15) is 28.8 Å². The highest BCUT2D eigenvalue weighted by atomic mass is 32.2. The van der Waals surface area contributed by atoms with Crippen LogP contribution in [0.2, 0.25) is 0 Å². The molecule has 23 heavy (non-hydrogen) atoms. The second-order valence-electron chi connectivity index (χ2n) is 5.53. The minimum atomic E-state index is -3.67. The first kappa shape index (κ1) is 16.0. The van der Waals surface area contributed by atoms with Gasteiger partial charge in [-0.3, -0.25) is 9.52 Å². The zero-order valence-corrected chi connectivity index (χ0v) is 14.4. The predicted octanol–water partition coefficient (Wildman–Crippen LogP) is 3.09. The summed E-state index contributed by atoms with van der Waals surface area (Å²) in [5, 5.41) is 1.71. The van der Waals surface area contributed by atoms with E-state index in [1.54, 1.807) is 34.5 Å². The maximum absolute atomic E-state index is 12.8. The van der Waals surface area contributed by atoms with Crippen molar-refractivity contribution in [3.05, 3.63) is 46.8 Å². The molecule has 1 aliphatic heterocycles. The van der Waals surface area contributed by atoms with Gasteiger partial charge in [-0.05, 0) is 42.8 Å². The largest absolute Gasteiger partial charge is 0.339 e. The lowest BCUT2D eigenvalue weighted by Crippen LogP contribution is -2.29. The molecule has 0 radical (unpaired) electrons. The molecular weight excluding hydrogens is 332 g/mol. The van der Waals surface area contributed by atoms with Crippen LogP contribution in [0.25, 0.3) is 0 Å². The Morgan fingerprint density at radius 2 is 1.91 bits per heavy atom. The molecule has 0 unspecified atom stereocenters. The van der Waals surface area contributed by atoms with Crippen molar-refractivity contribution < 1.29 is 13.2 Å². The minimum absolute atomic E-state index is 0.107. The normalized spacial score (nSPS) is 14.9. The molecule has 0 saturated carbocycles. The summed E-state index contributed by atoms with van der Waals surface area (Å²) in [6, 6.07) is 8.45. The van der Waals surface area contributed by atoms with Crippen molar-refractivity contribution in [2.45, 2.75) is 24.0 Å². The molecule has 2 heterocycles. The Balaban J connectivity index is 1.97. The van der Waals surface area contributed by atoms with Crippen LogP contribution in [0.5, 0.6) is 0 Å². The summed E-state index contributed by atoms with van der Waals surface area (Å²) in [4.78, 5) is 14.5. The minimum Gasteiger partial charge on any atom is -0.339 e. The number of nitrogens with one attached hydrogen (secondary N) is 1. The lowest BCUT2D eigenvalue weighted by molar-refractivity contribution is 0.0793. The summed E-state index contributed by atoms with van der Waals surface area (Å²) >= 11 is 1.15. The van der Waals surface area contributed by atoms with E-state index in [0.29, 0.717) is 11.3 Å². The number of hydrogen-bond acceptors (Lipinski definition) is 4. The Hall–Kier alpha value is -1.86. The number of carbonyl (C=O) groups is 1. The van der Waals surface area contributed by atoms with Crippen molar-refractivity contribution in [2.24, 2.45) is 0 Å². The Bertz CT molecular complexity index is 808. The molecule has 2 aromatic rings. The van der Waals surface area contributed by atoms with E-state index < -0.39 is 10.0 Å². The number of nitrogens with zero attached hydrogens (tertiary/aromatic N) is 1. The van der Waals surface area contributed by atoms with Gasteiger partial charge < -0.3 is 4.90 Å². The monoisotopic (exact) mass is 350 g/mol. The molecule has 1 saturated heterocycles.